The van der Waals surface area contributed by atoms with Crippen molar-refractivity contribution in [3.05, 3.63) is 58.4 Å². The van der Waals surface area contributed by atoms with Gasteiger partial charge in [0, 0.05) is 5.69 Å². The van der Waals surface area contributed by atoms with Gasteiger partial charge in [0.25, 0.3) is 0 Å². The number of rotatable bonds is 3. The van der Waals surface area contributed by atoms with Gasteiger partial charge in [0.15, 0.2) is 0 Å². The normalized spacial score (nSPS) is 10.7. The molecule has 22 heavy (non-hydrogen) atoms. The lowest BCUT2D eigenvalue weighted by Crippen LogP contribution is -2.11. The van der Waals surface area contributed by atoms with E-state index in [1.807, 2.05) is 51.1 Å². The van der Waals surface area contributed by atoms with Crippen LogP contribution in [0.5, 0.6) is 5.75 Å². The molecule has 0 N–H and O–H groups in total. The standard InChI is InChI=1S/C17H20ClNO.C2H6/c1-12-6-5-7-14(19-12)11-20-16-9-8-13(10-15(16)18)17(2,3)4;1-2/h5-10H,11H2,1-4H3;1-2H3. The van der Waals surface area contributed by atoms with Gasteiger partial charge in [0.05, 0.1) is 10.7 Å². The van der Waals surface area contributed by atoms with E-state index < -0.39 is 0 Å². The van der Waals surface area contributed by atoms with E-state index in [1.165, 1.54) is 5.56 Å². The molecule has 0 aliphatic heterocycles. The second kappa shape index (κ2) is 8.19. The highest BCUT2D eigenvalue weighted by molar-refractivity contribution is 6.32. The molecule has 0 radical (unpaired) electrons. The van der Waals surface area contributed by atoms with E-state index in [-0.39, 0.29) is 5.41 Å². The number of pyridine rings is 1. The fourth-order valence-corrected chi connectivity index (χ4v) is 2.15. The number of aromatic nitrogens is 1. The summed E-state index contributed by atoms with van der Waals surface area (Å²) >= 11 is 6.29. The molecule has 120 valence electrons. The number of benzene rings is 1. The second-order valence-electron chi connectivity index (χ2n) is 5.95. The summed E-state index contributed by atoms with van der Waals surface area (Å²) in [5.41, 5.74) is 3.17. The van der Waals surface area contributed by atoms with Crippen LogP contribution < -0.4 is 4.74 Å². The van der Waals surface area contributed by atoms with E-state index in [9.17, 15) is 0 Å². The summed E-state index contributed by atoms with van der Waals surface area (Å²) in [6, 6.07) is 11.9. The van der Waals surface area contributed by atoms with Crippen molar-refractivity contribution in [2.45, 2.75) is 53.6 Å². The third-order valence-electron chi connectivity index (χ3n) is 3.12. The first-order valence-corrected chi connectivity index (χ1v) is 8.09. The van der Waals surface area contributed by atoms with Gasteiger partial charge in [-0.05, 0) is 42.2 Å². The molecule has 0 aliphatic carbocycles. The summed E-state index contributed by atoms with van der Waals surface area (Å²) in [7, 11) is 0. The Morgan fingerprint density at radius 1 is 1.09 bits per heavy atom. The van der Waals surface area contributed by atoms with Crippen LogP contribution in [0.15, 0.2) is 36.4 Å². The number of hydrogen-bond acceptors (Lipinski definition) is 2. The van der Waals surface area contributed by atoms with Crippen LogP contribution in [0, 0.1) is 6.92 Å². The lowest BCUT2D eigenvalue weighted by atomic mass is 9.87. The smallest absolute Gasteiger partial charge is 0.138 e. The van der Waals surface area contributed by atoms with Gasteiger partial charge in [-0.1, -0.05) is 58.4 Å². The Morgan fingerprint density at radius 3 is 2.32 bits per heavy atom. The van der Waals surface area contributed by atoms with Crippen LogP contribution in [0.25, 0.3) is 0 Å². The second-order valence-corrected chi connectivity index (χ2v) is 6.36. The van der Waals surface area contributed by atoms with Crippen molar-refractivity contribution >= 4 is 11.6 Å². The molecule has 0 fully saturated rings. The van der Waals surface area contributed by atoms with Gasteiger partial charge in [-0.15, -0.1) is 0 Å². The minimum atomic E-state index is 0.0836. The number of nitrogens with zero attached hydrogens (tertiary/aromatic N) is 1. The molecule has 2 aromatic rings. The Balaban J connectivity index is 0.00000116. The Labute approximate surface area is 139 Å². The summed E-state index contributed by atoms with van der Waals surface area (Å²) < 4.78 is 5.75. The molecule has 0 unspecified atom stereocenters. The van der Waals surface area contributed by atoms with Gasteiger partial charge in [-0.3, -0.25) is 4.98 Å². The van der Waals surface area contributed by atoms with E-state index in [1.54, 1.807) is 0 Å². The van der Waals surface area contributed by atoms with E-state index in [2.05, 4.69) is 31.8 Å². The molecule has 0 saturated heterocycles. The third-order valence-corrected chi connectivity index (χ3v) is 3.41. The van der Waals surface area contributed by atoms with Crippen LogP contribution in [0.4, 0.5) is 0 Å². The van der Waals surface area contributed by atoms with Crippen molar-refractivity contribution in [2.75, 3.05) is 0 Å². The summed E-state index contributed by atoms with van der Waals surface area (Å²) in [6.07, 6.45) is 0. The average Bonchev–Trinajstić information content (AvgIpc) is 2.47. The van der Waals surface area contributed by atoms with Crippen molar-refractivity contribution in [3.63, 3.8) is 0 Å². The van der Waals surface area contributed by atoms with E-state index in [4.69, 9.17) is 16.3 Å². The minimum absolute atomic E-state index is 0.0836. The molecule has 0 bridgehead atoms. The Morgan fingerprint density at radius 2 is 1.77 bits per heavy atom. The maximum Gasteiger partial charge on any atom is 0.138 e. The number of ether oxygens (including phenoxy) is 1. The molecular weight excluding hydrogens is 294 g/mol. The molecular formula is C19H26ClNO. The van der Waals surface area contributed by atoms with Crippen molar-refractivity contribution in [2.24, 2.45) is 0 Å². The molecule has 1 heterocycles. The molecule has 0 aliphatic rings. The monoisotopic (exact) mass is 319 g/mol. The highest BCUT2D eigenvalue weighted by Gasteiger charge is 2.15. The van der Waals surface area contributed by atoms with Crippen molar-refractivity contribution < 1.29 is 4.74 Å². The van der Waals surface area contributed by atoms with Crippen LogP contribution in [-0.4, -0.2) is 4.98 Å². The van der Waals surface area contributed by atoms with Crippen LogP contribution >= 0.6 is 11.6 Å². The lowest BCUT2D eigenvalue weighted by molar-refractivity contribution is 0.301. The van der Waals surface area contributed by atoms with Gasteiger partial charge in [-0.2, -0.15) is 0 Å². The van der Waals surface area contributed by atoms with Gasteiger partial charge in [0.2, 0.25) is 0 Å². The zero-order chi connectivity index (χ0) is 16.8. The number of halogens is 1. The van der Waals surface area contributed by atoms with Crippen LogP contribution in [0.1, 0.15) is 51.6 Å². The summed E-state index contributed by atoms with van der Waals surface area (Å²) in [5.74, 6) is 0.697. The maximum absolute atomic E-state index is 6.29. The van der Waals surface area contributed by atoms with Gasteiger partial charge in [0.1, 0.15) is 12.4 Å². The zero-order valence-corrected chi connectivity index (χ0v) is 15.2. The summed E-state index contributed by atoms with van der Waals surface area (Å²) in [4.78, 5) is 4.41. The van der Waals surface area contributed by atoms with E-state index >= 15 is 0 Å². The largest absolute Gasteiger partial charge is 0.486 e. The van der Waals surface area contributed by atoms with E-state index in [0.29, 0.717) is 17.4 Å². The Bertz CT molecular complexity index is 603. The Kier molecular flexibility index (Phi) is 6.89. The first-order valence-electron chi connectivity index (χ1n) is 7.71. The number of hydrogen-bond donors (Lipinski definition) is 0. The molecule has 0 spiro atoms. The highest BCUT2D eigenvalue weighted by Crippen LogP contribution is 2.31. The maximum atomic E-state index is 6.29. The van der Waals surface area contributed by atoms with Gasteiger partial charge < -0.3 is 4.74 Å². The van der Waals surface area contributed by atoms with Crippen molar-refractivity contribution in [3.8, 4) is 5.75 Å². The molecule has 2 rings (SSSR count). The fraction of sp³-hybridized carbons (Fsp3) is 0.421. The topological polar surface area (TPSA) is 22.1 Å². The van der Waals surface area contributed by atoms with Gasteiger partial charge in [-0.25, -0.2) is 0 Å². The number of aryl methyl sites for hydroxylation is 1. The quantitative estimate of drug-likeness (QED) is 0.697. The predicted molar refractivity (Wildman–Crippen MR) is 94.8 cm³/mol. The van der Waals surface area contributed by atoms with Crippen LogP contribution in [0.2, 0.25) is 5.02 Å². The fourth-order valence-electron chi connectivity index (χ4n) is 1.92. The molecule has 3 heteroatoms. The molecule has 0 saturated carbocycles. The van der Waals surface area contributed by atoms with Gasteiger partial charge >= 0.3 is 0 Å². The first-order chi connectivity index (χ1) is 10.4. The summed E-state index contributed by atoms with van der Waals surface area (Å²) in [5, 5.41) is 0.644. The average molecular weight is 320 g/mol. The summed E-state index contributed by atoms with van der Waals surface area (Å²) in [6.45, 7) is 12.9. The van der Waals surface area contributed by atoms with Crippen molar-refractivity contribution in [1.82, 2.24) is 4.98 Å². The SMILES string of the molecule is CC.Cc1cccc(COc2ccc(C(C)(C)C)cc2Cl)n1. The molecule has 0 atom stereocenters. The van der Waals surface area contributed by atoms with Crippen molar-refractivity contribution in [1.29, 1.82) is 0 Å². The lowest BCUT2D eigenvalue weighted by Gasteiger charge is -2.20. The highest BCUT2D eigenvalue weighted by atomic mass is 35.5. The minimum Gasteiger partial charge on any atom is -0.486 e. The third kappa shape index (κ3) is 5.34. The van der Waals surface area contributed by atoms with Crippen LogP contribution in [-0.2, 0) is 12.0 Å². The molecule has 1 aromatic heterocycles. The molecule has 1 aromatic carbocycles. The molecule has 2 nitrogen and oxygen atoms in total. The molecule has 0 amide bonds. The van der Waals surface area contributed by atoms with E-state index in [0.717, 1.165) is 11.4 Å². The zero-order valence-electron chi connectivity index (χ0n) is 14.4. The predicted octanol–water partition coefficient (Wildman–Crippen LogP) is 5.95. The first kappa shape index (κ1) is 18.5. The van der Waals surface area contributed by atoms with Crippen LogP contribution in [0.3, 0.4) is 0 Å². The Hall–Kier alpha value is -1.54.